The summed E-state index contributed by atoms with van der Waals surface area (Å²) in [6.45, 7) is 0. The van der Waals surface area contributed by atoms with Crippen LogP contribution in [0.15, 0.2) is 60.7 Å². The molecule has 114 valence electrons. The van der Waals surface area contributed by atoms with Gasteiger partial charge in [0.1, 0.15) is 11.0 Å². The molecule has 4 nitrogen and oxygen atoms in total. The molecule has 0 aliphatic heterocycles. The molecule has 2 aromatic rings. The van der Waals surface area contributed by atoms with E-state index in [2.05, 4.69) is 10.6 Å². The first-order valence-corrected chi connectivity index (χ1v) is 7.45. The molecule has 0 aromatic heterocycles. The second-order valence-corrected chi connectivity index (χ2v) is 5.65. The zero-order valence-corrected chi connectivity index (χ0v) is 13.0. The lowest BCUT2D eigenvalue weighted by molar-refractivity contribution is 0.0888. The highest BCUT2D eigenvalue weighted by atomic mass is 35.5. The zero-order chi connectivity index (χ0) is 15.9. The van der Waals surface area contributed by atoms with Crippen molar-refractivity contribution in [2.45, 2.75) is 11.0 Å². The molecule has 22 heavy (non-hydrogen) atoms. The molecular weight excluding hydrogens is 323 g/mol. The van der Waals surface area contributed by atoms with Gasteiger partial charge in [-0.25, -0.2) is 0 Å². The van der Waals surface area contributed by atoms with Crippen LogP contribution in [0.25, 0.3) is 0 Å². The van der Waals surface area contributed by atoms with Gasteiger partial charge in [0.2, 0.25) is 0 Å². The van der Waals surface area contributed by atoms with Gasteiger partial charge >= 0.3 is 0 Å². The first kappa shape index (κ1) is 16.3. The van der Waals surface area contributed by atoms with Crippen molar-refractivity contribution >= 4 is 35.0 Å². The van der Waals surface area contributed by atoms with Crippen LogP contribution in [0, 0.1) is 0 Å². The SMILES string of the molecule is O=C(NC(NC(=O)c1ccccc1)C(Cl)Cl)c1ccccc1. The standard InChI is InChI=1S/C16H14Cl2N2O2/c17-13(18)14(19-15(21)11-7-3-1-4-8-11)20-16(22)12-9-5-2-6-10-12/h1-10,13-14H,(H,19,21)(H,20,22). The van der Waals surface area contributed by atoms with E-state index in [9.17, 15) is 9.59 Å². The van der Waals surface area contributed by atoms with E-state index < -0.39 is 11.0 Å². The van der Waals surface area contributed by atoms with Crippen LogP contribution in [-0.2, 0) is 0 Å². The number of hydrogen-bond donors (Lipinski definition) is 2. The van der Waals surface area contributed by atoms with Crippen LogP contribution < -0.4 is 10.6 Å². The lowest BCUT2D eigenvalue weighted by Gasteiger charge is -2.21. The lowest BCUT2D eigenvalue weighted by Crippen LogP contribution is -2.51. The van der Waals surface area contributed by atoms with Crippen LogP contribution in [0.1, 0.15) is 20.7 Å². The topological polar surface area (TPSA) is 58.2 Å². The minimum Gasteiger partial charge on any atom is -0.329 e. The number of nitrogens with one attached hydrogen (secondary N) is 2. The molecule has 0 heterocycles. The Morgan fingerprint density at radius 3 is 1.41 bits per heavy atom. The largest absolute Gasteiger partial charge is 0.329 e. The Bertz CT molecular complexity index is 580. The van der Waals surface area contributed by atoms with Gasteiger partial charge < -0.3 is 10.6 Å². The summed E-state index contributed by atoms with van der Waals surface area (Å²) in [5.41, 5.74) is 0.908. The van der Waals surface area contributed by atoms with Gasteiger partial charge in [0.15, 0.2) is 0 Å². The highest BCUT2D eigenvalue weighted by Crippen LogP contribution is 2.09. The number of halogens is 2. The highest BCUT2D eigenvalue weighted by Gasteiger charge is 2.22. The van der Waals surface area contributed by atoms with E-state index in [0.29, 0.717) is 11.1 Å². The molecule has 2 amide bonds. The summed E-state index contributed by atoms with van der Waals surface area (Å²) in [7, 11) is 0. The van der Waals surface area contributed by atoms with E-state index in [4.69, 9.17) is 23.2 Å². The van der Waals surface area contributed by atoms with E-state index in [0.717, 1.165) is 0 Å². The van der Waals surface area contributed by atoms with Crippen molar-refractivity contribution in [1.82, 2.24) is 10.6 Å². The molecule has 0 saturated heterocycles. The summed E-state index contributed by atoms with van der Waals surface area (Å²) in [4.78, 5) is 23.2. The second kappa shape index (κ2) is 7.82. The van der Waals surface area contributed by atoms with Crippen molar-refractivity contribution < 1.29 is 9.59 Å². The van der Waals surface area contributed by atoms with Crippen molar-refractivity contribution in [3.8, 4) is 0 Å². The van der Waals surface area contributed by atoms with Crippen LogP contribution in [0.2, 0.25) is 0 Å². The van der Waals surface area contributed by atoms with Crippen LogP contribution in [0.5, 0.6) is 0 Å². The van der Waals surface area contributed by atoms with Crippen molar-refractivity contribution in [3.63, 3.8) is 0 Å². The van der Waals surface area contributed by atoms with Crippen LogP contribution in [0.3, 0.4) is 0 Å². The molecule has 0 unspecified atom stereocenters. The zero-order valence-electron chi connectivity index (χ0n) is 11.5. The average molecular weight is 337 g/mol. The number of alkyl halides is 2. The molecule has 2 aromatic carbocycles. The van der Waals surface area contributed by atoms with Gasteiger partial charge in [0.05, 0.1) is 0 Å². The van der Waals surface area contributed by atoms with Crippen molar-refractivity contribution in [2.24, 2.45) is 0 Å². The molecule has 0 fully saturated rings. The fourth-order valence-electron chi connectivity index (χ4n) is 1.79. The van der Waals surface area contributed by atoms with Crippen LogP contribution >= 0.6 is 23.2 Å². The minimum absolute atomic E-state index is 0.370. The molecular formula is C16H14Cl2N2O2. The molecule has 0 aliphatic carbocycles. The van der Waals surface area contributed by atoms with Gasteiger partial charge in [0.25, 0.3) is 11.8 Å². The molecule has 0 bridgehead atoms. The fraction of sp³-hybridized carbons (Fsp3) is 0.125. The number of carbonyl (C=O) groups is 2. The van der Waals surface area contributed by atoms with Gasteiger partial charge in [-0.05, 0) is 24.3 Å². The smallest absolute Gasteiger partial charge is 0.252 e. The average Bonchev–Trinajstić information content (AvgIpc) is 2.55. The second-order valence-electron chi connectivity index (χ2n) is 4.49. The van der Waals surface area contributed by atoms with E-state index in [-0.39, 0.29) is 11.8 Å². The van der Waals surface area contributed by atoms with Crippen molar-refractivity contribution in [3.05, 3.63) is 71.8 Å². The quantitative estimate of drug-likeness (QED) is 0.651. The van der Waals surface area contributed by atoms with Gasteiger partial charge in [-0.2, -0.15) is 0 Å². The van der Waals surface area contributed by atoms with Crippen LogP contribution in [0.4, 0.5) is 0 Å². The first-order chi connectivity index (χ1) is 10.6. The predicted molar refractivity (Wildman–Crippen MR) is 87.1 cm³/mol. The van der Waals surface area contributed by atoms with E-state index in [1.54, 1.807) is 60.7 Å². The maximum Gasteiger partial charge on any atom is 0.252 e. The number of carbonyl (C=O) groups excluding carboxylic acids is 2. The normalized spacial score (nSPS) is 10.5. The third-order valence-corrected chi connectivity index (χ3v) is 3.40. The molecule has 6 heteroatoms. The number of hydrogen-bond acceptors (Lipinski definition) is 2. The van der Waals surface area contributed by atoms with E-state index in [1.165, 1.54) is 0 Å². The van der Waals surface area contributed by atoms with Gasteiger partial charge in [-0.3, -0.25) is 9.59 Å². The summed E-state index contributed by atoms with van der Waals surface area (Å²) in [5.74, 6) is -0.740. The Labute approximate surface area is 138 Å². The molecule has 0 radical (unpaired) electrons. The summed E-state index contributed by atoms with van der Waals surface area (Å²) >= 11 is 11.7. The molecule has 0 atom stereocenters. The Morgan fingerprint density at radius 1 is 0.727 bits per heavy atom. The summed E-state index contributed by atoms with van der Waals surface area (Å²) < 4.78 is 0. The monoisotopic (exact) mass is 336 g/mol. The summed E-state index contributed by atoms with van der Waals surface area (Å²) in [6.07, 6.45) is -0.899. The van der Waals surface area contributed by atoms with Gasteiger partial charge in [-0.1, -0.05) is 36.4 Å². The highest BCUT2D eigenvalue weighted by molar-refractivity contribution is 6.45. The van der Waals surface area contributed by atoms with Gasteiger partial charge in [0, 0.05) is 11.1 Å². The van der Waals surface area contributed by atoms with Gasteiger partial charge in [-0.15, -0.1) is 23.2 Å². The Hall–Kier alpha value is -2.04. The van der Waals surface area contributed by atoms with Crippen molar-refractivity contribution in [1.29, 1.82) is 0 Å². The van der Waals surface area contributed by atoms with E-state index >= 15 is 0 Å². The Morgan fingerprint density at radius 2 is 1.09 bits per heavy atom. The maximum absolute atomic E-state index is 12.1. The molecule has 0 aliphatic rings. The summed E-state index contributed by atoms with van der Waals surface area (Å²) in [6, 6.07) is 17.2. The first-order valence-electron chi connectivity index (χ1n) is 6.58. The molecule has 2 rings (SSSR count). The number of rotatable bonds is 5. The van der Waals surface area contributed by atoms with E-state index in [1.807, 2.05) is 0 Å². The maximum atomic E-state index is 12.1. The van der Waals surface area contributed by atoms with Crippen LogP contribution in [-0.4, -0.2) is 22.8 Å². The third-order valence-electron chi connectivity index (χ3n) is 2.90. The Kier molecular flexibility index (Phi) is 5.81. The minimum atomic E-state index is -0.986. The lowest BCUT2D eigenvalue weighted by atomic mass is 10.2. The number of benzene rings is 2. The predicted octanol–water partition coefficient (Wildman–Crippen LogP) is 2.98. The molecule has 2 N–H and O–H groups in total. The summed E-state index contributed by atoms with van der Waals surface area (Å²) in [5, 5.41) is 5.20. The molecule has 0 spiro atoms. The van der Waals surface area contributed by atoms with Crippen molar-refractivity contribution in [2.75, 3.05) is 0 Å². The number of amides is 2. The third kappa shape index (κ3) is 4.48. The fourth-order valence-corrected chi connectivity index (χ4v) is 2.04. The Balaban J connectivity index is 2.04. The molecule has 0 saturated carbocycles.